The van der Waals surface area contributed by atoms with Crippen LogP contribution in [-0.2, 0) is 11.3 Å². The van der Waals surface area contributed by atoms with E-state index < -0.39 is 5.41 Å². The minimum atomic E-state index is -0.569. The molecule has 0 aliphatic heterocycles. The third-order valence-electron chi connectivity index (χ3n) is 3.46. The zero-order chi connectivity index (χ0) is 12.3. The van der Waals surface area contributed by atoms with E-state index in [1.54, 1.807) is 12.1 Å². The first-order chi connectivity index (χ1) is 8.16. The zero-order valence-electron chi connectivity index (χ0n) is 9.58. The molecule has 0 spiro atoms. The maximum atomic E-state index is 12.7. The number of benzene rings is 1. The summed E-state index contributed by atoms with van der Waals surface area (Å²) in [6.45, 7) is 0.281. The van der Waals surface area contributed by atoms with Crippen molar-refractivity contribution in [2.24, 2.45) is 5.41 Å². The summed E-state index contributed by atoms with van der Waals surface area (Å²) in [5.41, 5.74) is 0.284. The number of hydrogen-bond acceptors (Lipinski definition) is 2. The van der Waals surface area contributed by atoms with Gasteiger partial charge in [-0.25, -0.2) is 4.39 Å². The van der Waals surface area contributed by atoms with E-state index in [0.717, 1.165) is 24.8 Å². The van der Waals surface area contributed by atoms with Crippen molar-refractivity contribution in [2.45, 2.75) is 25.8 Å². The molecule has 92 valence electrons. The fourth-order valence-electron chi connectivity index (χ4n) is 2.03. The molecule has 1 aliphatic rings. The average Bonchev–Trinajstić information content (AvgIpc) is 2.27. The van der Waals surface area contributed by atoms with Crippen molar-refractivity contribution in [1.82, 2.24) is 5.32 Å². The van der Waals surface area contributed by atoms with E-state index in [-0.39, 0.29) is 18.3 Å². The van der Waals surface area contributed by atoms with Crippen LogP contribution in [0.4, 0.5) is 4.39 Å². The summed E-state index contributed by atoms with van der Waals surface area (Å²) in [6, 6.07) is 6.02. The minimum Gasteiger partial charge on any atom is -0.395 e. The van der Waals surface area contributed by atoms with Gasteiger partial charge in [0.1, 0.15) is 5.82 Å². The van der Waals surface area contributed by atoms with Gasteiger partial charge < -0.3 is 10.4 Å². The molecule has 4 heteroatoms. The number of nitrogens with one attached hydrogen (secondary N) is 1. The molecule has 17 heavy (non-hydrogen) atoms. The predicted molar refractivity (Wildman–Crippen MR) is 61.6 cm³/mol. The van der Waals surface area contributed by atoms with Crippen molar-refractivity contribution in [1.29, 1.82) is 0 Å². The third-order valence-corrected chi connectivity index (χ3v) is 3.46. The molecule has 1 aromatic carbocycles. The van der Waals surface area contributed by atoms with E-state index in [1.807, 2.05) is 0 Å². The van der Waals surface area contributed by atoms with Gasteiger partial charge in [-0.1, -0.05) is 18.6 Å². The summed E-state index contributed by atoms with van der Waals surface area (Å²) in [4.78, 5) is 11.9. The van der Waals surface area contributed by atoms with Gasteiger partial charge in [-0.15, -0.1) is 0 Å². The van der Waals surface area contributed by atoms with Crippen molar-refractivity contribution in [3.63, 3.8) is 0 Å². The zero-order valence-corrected chi connectivity index (χ0v) is 9.58. The number of halogens is 1. The van der Waals surface area contributed by atoms with Gasteiger partial charge in [-0.3, -0.25) is 4.79 Å². The van der Waals surface area contributed by atoms with Crippen LogP contribution in [0.15, 0.2) is 24.3 Å². The molecule has 1 aliphatic carbocycles. The fourth-order valence-corrected chi connectivity index (χ4v) is 2.03. The van der Waals surface area contributed by atoms with Gasteiger partial charge in [0.05, 0.1) is 12.0 Å². The summed E-state index contributed by atoms with van der Waals surface area (Å²) in [6.07, 6.45) is 2.49. The van der Waals surface area contributed by atoms with Gasteiger partial charge in [0.15, 0.2) is 0 Å². The quantitative estimate of drug-likeness (QED) is 0.835. The molecule has 0 bridgehead atoms. The van der Waals surface area contributed by atoms with E-state index in [1.165, 1.54) is 12.1 Å². The predicted octanol–water partition coefficient (Wildman–Crippen LogP) is 1.60. The molecule has 1 fully saturated rings. The van der Waals surface area contributed by atoms with Gasteiger partial charge in [0.25, 0.3) is 0 Å². The van der Waals surface area contributed by atoms with Crippen molar-refractivity contribution in [3.05, 3.63) is 35.6 Å². The van der Waals surface area contributed by atoms with E-state index in [0.29, 0.717) is 6.54 Å². The Morgan fingerprint density at radius 3 is 2.47 bits per heavy atom. The van der Waals surface area contributed by atoms with Crippen LogP contribution in [0, 0.1) is 11.2 Å². The Bertz CT molecular complexity index is 393. The Balaban J connectivity index is 1.90. The first-order valence-corrected chi connectivity index (χ1v) is 5.80. The Labute approximate surface area is 99.7 Å². The van der Waals surface area contributed by atoms with Crippen LogP contribution in [0.2, 0.25) is 0 Å². The number of aliphatic hydroxyl groups excluding tert-OH is 1. The van der Waals surface area contributed by atoms with E-state index in [4.69, 9.17) is 0 Å². The standard InChI is InChI=1S/C13H16FNO2/c14-11-4-2-10(3-5-11)8-15-12(17)13(9-16)6-1-7-13/h2-5,16H,1,6-9H2,(H,15,17). The number of amides is 1. The smallest absolute Gasteiger partial charge is 0.228 e. The highest BCUT2D eigenvalue weighted by Gasteiger charge is 2.43. The van der Waals surface area contributed by atoms with Crippen LogP contribution in [-0.4, -0.2) is 17.6 Å². The van der Waals surface area contributed by atoms with Crippen molar-refractivity contribution >= 4 is 5.91 Å². The Hall–Kier alpha value is -1.42. The Morgan fingerprint density at radius 1 is 1.35 bits per heavy atom. The number of aliphatic hydroxyl groups is 1. The third kappa shape index (κ3) is 2.47. The van der Waals surface area contributed by atoms with Crippen LogP contribution < -0.4 is 5.32 Å². The molecule has 0 aromatic heterocycles. The van der Waals surface area contributed by atoms with Gasteiger partial charge in [0, 0.05) is 6.54 Å². The number of rotatable bonds is 4. The summed E-state index contributed by atoms with van der Waals surface area (Å²) >= 11 is 0. The monoisotopic (exact) mass is 237 g/mol. The first kappa shape index (κ1) is 12.0. The van der Waals surface area contributed by atoms with E-state index >= 15 is 0 Å². The molecule has 2 N–H and O–H groups in total. The summed E-state index contributed by atoms with van der Waals surface area (Å²) in [7, 11) is 0. The van der Waals surface area contributed by atoms with Crippen LogP contribution in [0.25, 0.3) is 0 Å². The van der Waals surface area contributed by atoms with Crippen LogP contribution in [0.3, 0.4) is 0 Å². The maximum Gasteiger partial charge on any atom is 0.228 e. The van der Waals surface area contributed by atoms with E-state index in [9.17, 15) is 14.3 Å². The highest BCUT2D eigenvalue weighted by Crippen LogP contribution is 2.40. The van der Waals surface area contributed by atoms with Gasteiger partial charge in [0.2, 0.25) is 5.91 Å². The van der Waals surface area contributed by atoms with Crippen molar-refractivity contribution < 1.29 is 14.3 Å². The molecule has 1 aromatic rings. The largest absolute Gasteiger partial charge is 0.395 e. The Morgan fingerprint density at radius 2 is 2.00 bits per heavy atom. The molecule has 0 unspecified atom stereocenters. The lowest BCUT2D eigenvalue weighted by molar-refractivity contribution is -0.139. The molecule has 3 nitrogen and oxygen atoms in total. The van der Waals surface area contributed by atoms with Crippen molar-refractivity contribution in [2.75, 3.05) is 6.61 Å². The maximum absolute atomic E-state index is 12.7. The number of hydrogen-bond donors (Lipinski definition) is 2. The second-order valence-electron chi connectivity index (χ2n) is 4.60. The summed E-state index contributed by atoms with van der Waals surface area (Å²) in [5, 5.41) is 12.0. The van der Waals surface area contributed by atoms with Crippen LogP contribution >= 0.6 is 0 Å². The molecule has 0 atom stereocenters. The summed E-state index contributed by atoms with van der Waals surface area (Å²) in [5.74, 6) is -0.388. The highest BCUT2D eigenvalue weighted by atomic mass is 19.1. The molecule has 2 rings (SSSR count). The molecule has 1 saturated carbocycles. The number of carbonyl (C=O) groups excluding carboxylic acids is 1. The molecule has 0 radical (unpaired) electrons. The van der Waals surface area contributed by atoms with Gasteiger partial charge in [-0.05, 0) is 30.5 Å². The Kier molecular flexibility index (Phi) is 3.43. The fraction of sp³-hybridized carbons (Fsp3) is 0.462. The second kappa shape index (κ2) is 4.84. The van der Waals surface area contributed by atoms with Crippen LogP contribution in [0.5, 0.6) is 0 Å². The lowest BCUT2D eigenvalue weighted by Crippen LogP contribution is -2.47. The average molecular weight is 237 g/mol. The van der Waals surface area contributed by atoms with E-state index in [2.05, 4.69) is 5.32 Å². The SMILES string of the molecule is O=C(NCc1ccc(F)cc1)C1(CO)CCC1. The molecular formula is C13H16FNO2. The molecule has 1 amide bonds. The normalized spacial score (nSPS) is 17.3. The first-order valence-electron chi connectivity index (χ1n) is 5.80. The lowest BCUT2D eigenvalue weighted by Gasteiger charge is -2.38. The second-order valence-corrected chi connectivity index (χ2v) is 4.60. The lowest BCUT2D eigenvalue weighted by atomic mass is 9.68. The highest BCUT2D eigenvalue weighted by molar-refractivity contribution is 5.83. The minimum absolute atomic E-state index is 0.0950. The molecular weight excluding hydrogens is 221 g/mol. The van der Waals surface area contributed by atoms with Gasteiger partial charge >= 0.3 is 0 Å². The summed E-state index contributed by atoms with van der Waals surface area (Å²) < 4.78 is 12.7. The molecule has 0 saturated heterocycles. The van der Waals surface area contributed by atoms with Gasteiger partial charge in [-0.2, -0.15) is 0 Å². The molecule has 0 heterocycles. The number of carbonyl (C=O) groups is 1. The van der Waals surface area contributed by atoms with Crippen molar-refractivity contribution in [3.8, 4) is 0 Å². The topological polar surface area (TPSA) is 49.3 Å². The van der Waals surface area contributed by atoms with Crippen LogP contribution in [0.1, 0.15) is 24.8 Å².